The standard InChI is InChI=1S/C14H17ClFNO.C7H10FNOS2/c1-7(2)9-5-11(15)14(16)13(8-3-4-8)10(9)6-12(17)18;1-7(2,10)5-3-4(8)6(11-5)12-9/h5,7-8H,3-4,6H2,1-2H3,(H2,17,18);3,10H,9H2,1-2H3. The van der Waals surface area contributed by atoms with Crippen molar-refractivity contribution in [1.29, 1.82) is 0 Å². The normalized spacial score (nSPS) is 13.9. The van der Waals surface area contributed by atoms with Crippen molar-refractivity contribution in [2.24, 2.45) is 10.9 Å². The molecule has 4 nitrogen and oxygen atoms in total. The van der Waals surface area contributed by atoms with E-state index in [1.165, 1.54) is 17.4 Å². The number of thiophene rings is 1. The van der Waals surface area contributed by atoms with Crippen molar-refractivity contribution in [2.45, 2.75) is 68.6 Å². The van der Waals surface area contributed by atoms with Crippen LogP contribution in [0.15, 0.2) is 16.3 Å². The Balaban J connectivity index is 0.000000232. The van der Waals surface area contributed by atoms with E-state index in [1.807, 2.05) is 13.8 Å². The van der Waals surface area contributed by atoms with E-state index in [0.717, 1.165) is 35.9 Å². The second-order valence-electron chi connectivity index (χ2n) is 8.15. The number of nitrogens with two attached hydrogens (primary N) is 2. The van der Waals surface area contributed by atoms with Crippen molar-refractivity contribution in [1.82, 2.24) is 0 Å². The maximum absolute atomic E-state index is 14.2. The summed E-state index contributed by atoms with van der Waals surface area (Å²) in [7, 11) is 0. The van der Waals surface area contributed by atoms with E-state index in [-0.39, 0.29) is 34.9 Å². The number of benzene rings is 1. The molecule has 0 atom stereocenters. The fourth-order valence-corrected chi connectivity index (χ4v) is 4.74. The minimum Gasteiger partial charge on any atom is -0.385 e. The molecular weight excluding hydrogens is 450 g/mol. The van der Waals surface area contributed by atoms with Gasteiger partial charge in [-0.25, -0.2) is 8.78 Å². The number of hydrogen-bond acceptors (Lipinski definition) is 5. The Morgan fingerprint density at radius 1 is 1.37 bits per heavy atom. The first-order chi connectivity index (χ1) is 13.9. The zero-order valence-electron chi connectivity index (χ0n) is 17.4. The second-order valence-corrected chi connectivity index (χ2v) is 10.5. The van der Waals surface area contributed by atoms with Gasteiger partial charge in [0.1, 0.15) is 15.8 Å². The van der Waals surface area contributed by atoms with Crippen molar-refractivity contribution >= 4 is 40.8 Å². The summed E-state index contributed by atoms with van der Waals surface area (Å²) in [5.74, 6) is -0.768. The van der Waals surface area contributed by atoms with Crippen LogP contribution in [0.5, 0.6) is 0 Å². The van der Waals surface area contributed by atoms with E-state index in [9.17, 15) is 18.7 Å². The van der Waals surface area contributed by atoms with Gasteiger partial charge in [-0.15, -0.1) is 11.3 Å². The van der Waals surface area contributed by atoms with Gasteiger partial charge in [0.15, 0.2) is 0 Å². The largest absolute Gasteiger partial charge is 0.385 e. The summed E-state index contributed by atoms with van der Waals surface area (Å²) < 4.78 is 27.5. The highest BCUT2D eigenvalue weighted by atomic mass is 35.5. The summed E-state index contributed by atoms with van der Waals surface area (Å²) in [5.41, 5.74) is 6.59. The molecule has 1 aromatic carbocycles. The van der Waals surface area contributed by atoms with Crippen LogP contribution in [0.1, 0.15) is 73.9 Å². The topological polar surface area (TPSA) is 89.3 Å². The third kappa shape index (κ3) is 6.17. The Morgan fingerprint density at radius 2 is 1.97 bits per heavy atom. The predicted octanol–water partition coefficient (Wildman–Crippen LogP) is 5.59. The Bertz CT molecular complexity index is 923. The van der Waals surface area contributed by atoms with Gasteiger partial charge in [0.05, 0.1) is 17.0 Å². The number of hydrogen-bond donors (Lipinski definition) is 3. The smallest absolute Gasteiger partial charge is 0.221 e. The SMILES string of the molecule is CC(C)(O)c1cc(F)c(SN)s1.CC(C)c1cc(Cl)c(F)c(C2CC2)c1CC(N)=O. The molecule has 30 heavy (non-hydrogen) atoms. The summed E-state index contributed by atoms with van der Waals surface area (Å²) >= 11 is 8.00. The number of carbonyl (C=O) groups is 1. The van der Waals surface area contributed by atoms with Crippen LogP contribution in [0.3, 0.4) is 0 Å². The van der Waals surface area contributed by atoms with Gasteiger partial charge in [0.2, 0.25) is 5.91 Å². The molecule has 1 amide bonds. The van der Waals surface area contributed by atoms with Crippen LogP contribution in [0.2, 0.25) is 5.02 Å². The average Bonchev–Trinajstić information content (AvgIpc) is 3.38. The van der Waals surface area contributed by atoms with Crippen LogP contribution < -0.4 is 10.9 Å². The predicted molar refractivity (Wildman–Crippen MR) is 120 cm³/mol. The summed E-state index contributed by atoms with van der Waals surface area (Å²) in [5, 5.41) is 14.9. The lowest BCUT2D eigenvalue weighted by atomic mass is 9.89. The molecule has 1 saturated carbocycles. The highest BCUT2D eigenvalue weighted by molar-refractivity contribution is 7.99. The first-order valence-electron chi connectivity index (χ1n) is 9.54. The Hall–Kier alpha value is -1.19. The molecule has 1 aliphatic carbocycles. The molecule has 1 heterocycles. The minimum atomic E-state index is -0.987. The quantitative estimate of drug-likeness (QED) is 0.474. The van der Waals surface area contributed by atoms with Gasteiger partial charge < -0.3 is 10.8 Å². The number of primary amides is 1. The van der Waals surface area contributed by atoms with Gasteiger partial charge in [-0.1, -0.05) is 25.4 Å². The number of aliphatic hydroxyl groups is 1. The molecule has 0 radical (unpaired) electrons. The monoisotopic (exact) mass is 476 g/mol. The van der Waals surface area contributed by atoms with Crippen molar-refractivity contribution in [3.8, 4) is 0 Å². The molecule has 166 valence electrons. The zero-order chi connectivity index (χ0) is 22.8. The summed E-state index contributed by atoms with van der Waals surface area (Å²) in [6.45, 7) is 7.24. The molecular formula is C21H27ClF2N2O2S2. The van der Waals surface area contributed by atoms with E-state index in [4.69, 9.17) is 22.5 Å². The maximum Gasteiger partial charge on any atom is 0.221 e. The summed E-state index contributed by atoms with van der Waals surface area (Å²) in [4.78, 5) is 11.8. The molecule has 3 rings (SSSR count). The van der Waals surface area contributed by atoms with Gasteiger partial charge in [-0.2, -0.15) is 0 Å². The average molecular weight is 477 g/mol. The minimum absolute atomic E-state index is 0.0907. The van der Waals surface area contributed by atoms with E-state index < -0.39 is 11.5 Å². The molecule has 1 aliphatic rings. The first kappa shape index (κ1) is 25.1. The third-order valence-corrected chi connectivity index (χ3v) is 7.17. The molecule has 0 unspecified atom stereocenters. The molecule has 1 aromatic heterocycles. The van der Waals surface area contributed by atoms with Crippen LogP contribution in [0.4, 0.5) is 8.78 Å². The fraction of sp³-hybridized carbons (Fsp3) is 0.476. The van der Waals surface area contributed by atoms with E-state index in [1.54, 1.807) is 19.9 Å². The summed E-state index contributed by atoms with van der Waals surface area (Å²) in [6, 6.07) is 2.95. The number of amides is 1. The Morgan fingerprint density at radius 3 is 2.33 bits per heavy atom. The first-order valence-corrected chi connectivity index (χ1v) is 11.6. The van der Waals surface area contributed by atoms with Crippen molar-refractivity contribution < 1.29 is 18.7 Å². The van der Waals surface area contributed by atoms with Gasteiger partial charge in [-0.3, -0.25) is 9.93 Å². The van der Waals surface area contributed by atoms with E-state index >= 15 is 0 Å². The molecule has 0 aliphatic heterocycles. The number of halogens is 3. The van der Waals surface area contributed by atoms with E-state index in [0.29, 0.717) is 14.6 Å². The van der Waals surface area contributed by atoms with E-state index in [2.05, 4.69) is 0 Å². The fourth-order valence-electron chi connectivity index (χ4n) is 3.12. The second kappa shape index (κ2) is 9.96. The highest BCUT2D eigenvalue weighted by Crippen LogP contribution is 2.46. The van der Waals surface area contributed by atoms with Gasteiger partial charge in [-0.05, 0) is 79.3 Å². The number of rotatable bonds is 6. The molecule has 0 spiro atoms. The zero-order valence-corrected chi connectivity index (χ0v) is 19.8. The Kier molecular flexibility index (Phi) is 8.32. The van der Waals surface area contributed by atoms with Crippen LogP contribution in [0.25, 0.3) is 0 Å². The van der Waals surface area contributed by atoms with Crippen LogP contribution in [0, 0.1) is 11.6 Å². The van der Waals surface area contributed by atoms with Gasteiger partial charge in [0.25, 0.3) is 0 Å². The molecule has 1 fully saturated rings. The molecule has 9 heteroatoms. The lowest BCUT2D eigenvalue weighted by Gasteiger charge is -2.18. The third-order valence-electron chi connectivity index (χ3n) is 4.73. The lowest BCUT2D eigenvalue weighted by Crippen LogP contribution is -2.17. The lowest BCUT2D eigenvalue weighted by molar-refractivity contribution is -0.117. The van der Waals surface area contributed by atoms with Crippen molar-refractivity contribution in [3.05, 3.63) is 50.4 Å². The molecule has 0 saturated heterocycles. The van der Waals surface area contributed by atoms with Crippen LogP contribution in [-0.2, 0) is 16.8 Å². The van der Waals surface area contributed by atoms with Crippen LogP contribution >= 0.6 is 34.9 Å². The Labute approximate surface area is 189 Å². The van der Waals surface area contributed by atoms with Crippen molar-refractivity contribution in [3.63, 3.8) is 0 Å². The van der Waals surface area contributed by atoms with Gasteiger partial charge in [0, 0.05) is 4.88 Å². The highest BCUT2D eigenvalue weighted by Gasteiger charge is 2.32. The summed E-state index contributed by atoms with van der Waals surface area (Å²) in [6.07, 6.45) is 2.01. The molecule has 2 aromatic rings. The number of carbonyl (C=O) groups excluding carboxylic acids is 1. The van der Waals surface area contributed by atoms with Crippen molar-refractivity contribution in [2.75, 3.05) is 0 Å². The van der Waals surface area contributed by atoms with Gasteiger partial charge >= 0.3 is 0 Å². The maximum atomic E-state index is 14.2. The molecule has 0 bridgehead atoms. The molecule has 5 N–H and O–H groups in total. The van der Waals surface area contributed by atoms with Crippen LogP contribution in [-0.4, -0.2) is 11.0 Å².